The van der Waals surface area contributed by atoms with Gasteiger partial charge in [-0.25, -0.2) is 8.78 Å². The van der Waals surface area contributed by atoms with Crippen molar-refractivity contribution in [3.63, 3.8) is 0 Å². The molecule has 2 fully saturated rings. The first-order valence-electron chi connectivity index (χ1n) is 5.69. The van der Waals surface area contributed by atoms with Crippen molar-refractivity contribution >= 4 is 0 Å². The zero-order chi connectivity index (χ0) is 10.0. The third-order valence-corrected chi connectivity index (χ3v) is 3.31. The van der Waals surface area contributed by atoms with Crippen molar-refractivity contribution < 1.29 is 8.78 Å². The second-order valence-corrected chi connectivity index (χ2v) is 4.41. The van der Waals surface area contributed by atoms with E-state index in [4.69, 9.17) is 0 Å². The first-order chi connectivity index (χ1) is 6.70. The Bertz CT molecular complexity index is 188. The smallest absolute Gasteiger partial charge is 0.268 e. The molecule has 0 spiro atoms. The van der Waals surface area contributed by atoms with Crippen molar-refractivity contribution in [2.45, 2.75) is 50.9 Å². The van der Waals surface area contributed by atoms with E-state index in [1.54, 1.807) is 0 Å². The molecule has 1 heterocycles. The molecule has 1 aliphatic heterocycles. The Kier molecular flexibility index (Phi) is 3.05. The van der Waals surface area contributed by atoms with Crippen LogP contribution < -0.4 is 0 Å². The molecule has 81 valence electrons. The number of likely N-dealkylation sites (tertiary alicyclic amines) is 1. The predicted octanol–water partition coefficient (Wildman–Crippen LogP) is 3.21. The molecule has 2 aliphatic rings. The minimum Gasteiger partial charge on any atom is -0.290 e. The van der Waals surface area contributed by atoms with E-state index in [2.05, 4.69) is 0 Å². The molecular weight excluding hydrogens is 184 g/mol. The van der Waals surface area contributed by atoms with Gasteiger partial charge in [-0.3, -0.25) is 4.90 Å². The summed E-state index contributed by atoms with van der Waals surface area (Å²) >= 11 is 0. The van der Waals surface area contributed by atoms with Crippen LogP contribution in [0.3, 0.4) is 0 Å². The molecule has 1 aliphatic carbocycles. The average Bonchev–Trinajstić information content (AvgIpc) is 2.18. The summed E-state index contributed by atoms with van der Waals surface area (Å²) in [7, 11) is 0. The average molecular weight is 202 g/mol. The van der Waals surface area contributed by atoms with Crippen molar-refractivity contribution in [2.75, 3.05) is 13.1 Å². The molecule has 1 nitrogen and oxygen atoms in total. The van der Waals surface area contributed by atoms with E-state index in [0.29, 0.717) is 18.9 Å². The first-order valence-corrected chi connectivity index (χ1v) is 5.69. The number of halogens is 2. The van der Waals surface area contributed by atoms with Crippen molar-refractivity contribution in [1.29, 1.82) is 0 Å². The summed E-state index contributed by atoms with van der Waals surface area (Å²) in [6.07, 6.45) is 5.69. The van der Waals surface area contributed by atoms with E-state index in [-0.39, 0.29) is 6.42 Å². The van der Waals surface area contributed by atoms with Gasteiger partial charge in [0.05, 0.1) is 0 Å². The van der Waals surface area contributed by atoms with Crippen LogP contribution in [-0.4, -0.2) is 23.9 Å². The van der Waals surface area contributed by atoms with E-state index in [1.165, 1.54) is 6.42 Å². The fraction of sp³-hybridized carbons (Fsp3) is 0.909. The molecule has 0 N–H and O–H groups in total. The quantitative estimate of drug-likeness (QED) is 0.631. The van der Waals surface area contributed by atoms with E-state index < -0.39 is 5.92 Å². The maximum atomic E-state index is 13.6. The van der Waals surface area contributed by atoms with Crippen LogP contribution in [0.4, 0.5) is 8.78 Å². The van der Waals surface area contributed by atoms with Gasteiger partial charge in [-0.2, -0.15) is 0 Å². The standard InChI is InChI=1S/C11H18F2N/c12-11(13)7-3-2-6-10(11)14-8-4-1-5-9-14/h1-9H2. The zero-order valence-electron chi connectivity index (χ0n) is 8.57. The van der Waals surface area contributed by atoms with Crippen molar-refractivity contribution in [1.82, 2.24) is 4.90 Å². The zero-order valence-corrected chi connectivity index (χ0v) is 8.57. The van der Waals surface area contributed by atoms with Crippen LogP contribution in [0.2, 0.25) is 0 Å². The molecule has 0 bridgehead atoms. The van der Waals surface area contributed by atoms with Crippen LogP contribution in [0.25, 0.3) is 0 Å². The van der Waals surface area contributed by atoms with Crippen LogP contribution in [0.5, 0.6) is 0 Å². The van der Waals surface area contributed by atoms with E-state index in [1.807, 2.05) is 4.90 Å². The van der Waals surface area contributed by atoms with Crippen molar-refractivity contribution in [3.05, 3.63) is 6.04 Å². The molecular formula is C11H18F2N. The molecule has 1 saturated carbocycles. The highest BCUT2D eigenvalue weighted by molar-refractivity contribution is 5.05. The lowest BCUT2D eigenvalue weighted by molar-refractivity contribution is -0.0561. The Hall–Kier alpha value is -0.180. The molecule has 2 rings (SSSR count). The van der Waals surface area contributed by atoms with Gasteiger partial charge in [0.1, 0.15) is 6.04 Å². The summed E-state index contributed by atoms with van der Waals surface area (Å²) in [5, 5.41) is 0. The van der Waals surface area contributed by atoms with Gasteiger partial charge in [0.15, 0.2) is 0 Å². The lowest BCUT2D eigenvalue weighted by Crippen LogP contribution is -2.45. The van der Waals surface area contributed by atoms with Gasteiger partial charge in [0.2, 0.25) is 0 Å². The van der Waals surface area contributed by atoms with Crippen LogP contribution in [0.1, 0.15) is 44.9 Å². The number of hydrogen-bond acceptors (Lipinski definition) is 1. The minimum atomic E-state index is -2.50. The molecule has 0 aromatic carbocycles. The largest absolute Gasteiger partial charge is 0.290 e. The fourth-order valence-electron chi connectivity index (χ4n) is 2.52. The summed E-state index contributed by atoms with van der Waals surface area (Å²) in [5.41, 5.74) is 0. The lowest BCUT2D eigenvalue weighted by Gasteiger charge is -2.40. The Morgan fingerprint density at radius 1 is 0.929 bits per heavy atom. The second kappa shape index (κ2) is 4.13. The third kappa shape index (κ3) is 2.08. The molecule has 0 amide bonds. The molecule has 0 atom stereocenters. The van der Waals surface area contributed by atoms with E-state index in [0.717, 1.165) is 32.4 Å². The summed E-state index contributed by atoms with van der Waals surface area (Å²) in [5.74, 6) is -2.50. The summed E-state index contributed by atoms with van der Waals surface area (Å²) in [6, 6.07) is 0.434. The Labute approximate surface area is 84.5 Å². The van der Waals surface area contributed by atoms with Crippen molar-refractivity contribution in [3.8, 4) is 0 Å². The Balaban J connectivity index is 1.99. The van der Waals surface area contributed by atoms with Crippen LogP contribution in [-0.2, 0) is 0 Å². The molecule has 0 aromatic rings. The van der Waals surface area contributed by atoms with E-state index in [9.17, 15) is 8.78 Å². The maximum Gasteiger partial charge on any atom is 0.268 e. The highest BCUT2D eigenvalue weighted by Crippen LogP contribution is 2.42. The Morgan fingerprint density at radius 3 is 2.29 bits per heavy atom. The molecule has 0 aromatic heterocycles. The minimum absolute atomic E-state index is 0.0683. The van der Waals surface area contributed by atoms with Gasteiger partial charge < -0.3 is 0 Å². The third-order valence-electron chi connectivity index (χ3n) is 3.31. The molecule has 1 saturated heterocycles. The maximum absolute atomic E-state index is 13.6. The van der Waals surface area contributed by atoms with Gasteiger partial charge >= 0.3 is 0 Å². The highest BCUT2D eigenvalue weighted by Gasteiger charge is 2.45. The monoisotopic (exact) mass is 202 g/mol. The van der Waals surface area contributed by atoms with Gasteiger partial charge in [0, 0.05) is 6.42 Å². The summed E-state index contributed by atoms with van der Waals surface area (Å²) in [4.78, 5) is 1.95. The topological polar surface area (TPSA) is 3.24 Å². The molecule has 3 heteroatoms. The number of nitrogens with zero attached hydrogens (tertiary/aromatic N) is 1. The SMILES string of the molecule is FC1(F)CCCC[C]1N1CCCCC1. The predicted molar refractivity (Wildman–Crippen MR) is 52.1 cm³/mol. The van der Waals surface area contributed by atoms with Gasteiger partial charge in [0.25, 0.3) is 5.92 Å². The number of hydrogen-bond donors (Lipinski definition) is 0. The summed E-state index contributed by atoms with van der Waals surface area (Å²) < 4.78 is 27.1. The van der Waals surface area contributed by atoms with Gasteiger partial charge in [-0.1, -0.05) is 12.8 Å². The lowest BCUT2D eigenvalue weighted by atomic mass is 9.89. The normalized spacial score (nSPS) is 30.4. The van der Waals surface area contributed by atoms with E-state index >= 15 is 0 Å². The van der Waals surface area contributed by atoms with Gasteiger partial charge in [-0.05, 0) is 38.8 Å². The molecule has 1 radical (unpaired) electrons. The van der Waals surface area contributed by atoms with Crippen LogP contribution in [0.15, 0.2) is 0 Å². The van der Waals surface area contributed by atoms with Gasteiger partial charge in [-0.15, -0.1) is 0 Å². The van der Waals surface area contributed by atoms with Crippen molar-refractivity contribution in [2.24, 2.45) is 0 Å². The van der Waals surface area contributed by atoms with Crippen LogP contribution >= 0.6 is 0 Å². The number of alkyl halides is 2. The Morgan fingerprint density at radius 2 is 1.64 bits per heavy atom. The highest BCUT2D eigenvalue weighted by atomic mass is 19.3. The fourth-order valence-corrected chi connectivity index (χ4v) is 2.52. The second-order valence-electron chi connectivity index (χ2n) is 4.41. The summed E-state index contributed by atoms with van der Waals surface area (Å²) in [6.45, 7) is 1.70. The number of rotatable bonds is 1. The molecule has 14 heavy (non-hydrogen) atoms. The molecule has 0 unspecified atom stereocenters. The number of piperidine rings is 1. The van der Waals surface area contributed by atoms with Crippen LogP contribution in [0, 0.1) is 6.04 Å². The first kappa shape index (κ1) is 10.3.